The Hall–Kier alpha value is -3.80. The normalized spacial score (nSPS) is 11.4. The van der Waals surface area contributed by atoms with Crippen LogP contribution < -0.4 is 15.0 Å². The van der Waals surface area contributed by atoms with Crippen LogP contribution in [0.15, 0.2) is 65.6 Å². The summed E-state index contributed by atoms with van der Waals surface area (Å²) in [6.07, 6.45) is 1.97. The topological polar surface area (TPSA) is 57.8 Å². The molecule has 0 unspecified atom stereocenters. The standard InChI is InChI=1S/C24H21N3O3/c1-15-11-12-26-19(13-15)25-21-17-9-10-18(29-2)22(30-3)20(17)24(28)27(23(21)26)14-16-7-5-4-6-8-16/h4-13H,14H2,1-3H3. The van der Waals surface area contributed by atoms with E-state index in [4.69, 9.17) is 14.5 Å². The first kappa shape index (κ1) is 18.2. The summed E-state index contributed by atoms with van der Waals surface area (Å²) in [5, 5.41) is 1.22. The first-order valence-electron chi connectivity index (χ1n) is 9.72. The van der Waals surface area contributed by atoms with E-state index in [1.807, 2.05) is 72.1 Å². The molecule has 0 atom stereocenters. The van der Waals surface area contributed by atoms with Gasteiger partial charge in [-0.1, -0.05) is 30.3 Å². The molecule has 0 aliphatic heterocycles. The van der Waals surface area contributed by atoms with Crippen molar-refractivity contribution in [3.8, 4) is 11.5 Å². The van der Waals surface area contributed by atoms with Crippen molar-refractivity contribution in [2.75, 3.05) is 14.2 Å². The lowest BCUT2D eigenvalue weighted by Gasteiger charge is -2.14. The molecule has 6 heteroatoms. The Morgan fingerprint density at radius 1 is 1.00 bits per heavy atom. The van der Waals surface area contributed by atoms with E-state index in [0.717, 1.165) is 33.3 Å². The minimum atomic E-state index is -0.139. The highest BCUT2D eigenvalue weighted by Gasteiger charge is 2.21. The number of hydrogen-bond donors (Lipinski definition) is 0. The van der Waals surface area contributed by atoms with Crippen LogP contribution in [0.3, 0.4) is 0 Å². The van der Waals surface area contributed by atoms with Crippen LogP contribution in [-0.4, -0.2) is 28.2 Å². The molecule has 0 saturated carbocycles. The fraction of sp³-hybridized carbons (Fsp3) is 0.167. The fourth-order valence-corrected chi connectivity index (χ4v) is 4.05. The van der Waals surface area contributed by atoms with E-state index in [1.54, 1.807) is 18.8 Å². The summed E-state index contributed by atoms with van der Waals surface area (Å²) in [4.78, 5) is 18.7. The van der Waals surface area contributed by atoms with Crippen molar-refractivity contribution < 1.29 is 9.47 Å². The van der Waals surface area contributed by atoms with Crippen molar-refractivity contribution >= 4 is 27.6 Å². The molecule has 0 N–H and O–H groups in total. The average molecular weight is 399 g/mol. The molecule has 150 valence electrons. The van der Waals surface area contributed by atoms with Gasteiger partial charge in [0.05, 0.1) is 26.2 Å². The lowest BCUT2D eigenvalue weighted by molar-refractivity contribution is 0.358. The summed E-state index contributed by atoms with van der Waals surface area (Å²) in [5.74, 6) is 0.948. The van der Waals surface area contributed by atoms with Gasteiger partial charge < -0.3 is 9.47 Å². The number of fused-ring (bicyclic) bond motifs is 5. The second kappa shape index (κ2) is 6.91. The van der Waals surface area contributed by atoms with Crippen molar-refractivity contribution in [3.63, 3.8) is 0 Å². The van der Waals surface area contributed by atoms with E-state index >= 15 is 0 Å². The fourth-order valence-electron chi connectivity index (χ4n) is 4.05. The minimum Gasteiger partial charge on any atom is -0.493 e. The first-order chi connectivity index (χ1) is 14.6. The Bertz CT molecular complexity index is 1470. The molecule has 0 saturated heterocycles. The van der Waals surface area contributed by atoms with Crippen molar-refractivity contribution in [2.24, 2.45) is 0 Å². The summed E-state index contributed by atoms with van der Waals surface area (Å²) in [7, 11) is 3.12. The number of ether oxygens (including phenoxy) is 2. The van der Waals surface area contributed by atoms with Gasteiger partial charge in [-0.05, 0) is 42.3 Å². The number of benzene rings is 2. The van der Waals surface area contributed by atoms with Crippen molar-refractivity contribution in [3.05, 3.63) is 82.3 Å². The molecular weight excluding hydrogens is 378 g/mol. The molecule has 2 aromatic carbocycles. The number of pyridine rings is 2. The van der Waals surface area contributed by atoms with Crippen LogP contribution in [0, 0.1) is 6.92 Å². The zero-order chi connectivity index (χ0) is 20.8. The summed E-state index contributed by atoms with van der Waals surface area (Å²) < 4.78 is 14.8. The smallest absolute Gasteiger partial charge is 0.264 e. The maximum atomic E-state index is 13.8. The van der Waals surface area contributed by atoms with E-state index in [0.29, 0.717) is 23.4 Å². The van der Waals surface area contributed by atoms with Crippen molar-refractivity contribution in [1.82, 2.24) is 14.0 Å². The van der Waals surface area contributed by atoms with Crippen LogP contribution in [0.1, 0.15) is 11.1 Å². The summed E-state index contributed by atoms with van der Waals surface area (Å²) in [6.45, 7) is 2.45. The largest absolute Gasteiger partial charge is 0.493 e. The van der Waals surface area contributed by atoms with Gasteiger partial charge >= 0.3 is 0 Å². The number of aryl methyl sites for hydroxylation is 1. The predicted molar refractivity (Wildman–Crippen MR) is 118 cm³/mol. The van der Waals surface area contributed by atoms with Gasteiger partial charge in [0, 0.05) is 11.6 Å². The van der Waals surface area contributed by atoms with Crippen LogP contribution in [-0.2, 0) is 6.54 Å². The molecule has 0 aliphatic rings. The molecule has 3 heterocycles. The highest BCUT2D eigenvalue weighted by molar-refractivity contribution is 6.07. The number of nitrogens with zero attached hydrogens (tertiary/aromatic N) is 3. The molecule has 3 aromatic heterocycles. The molecule has 5 aromatic rings. The molecule has 6 nitrogen and oxygen atoms in total. The highest BCUT2D eigenvalue weighted by Crippen LogP contribution is 2.36. The summed E-state index contributed by atoms with van der Waals surface area (Å²) in [5.41, 5.74) is 4.32. The van der Waals surface area contributed by atoms with E-state index in [1.165, 1.54) is 0 Å². The van der Waals surface area contributed by atoms with Crippen LogP contribution in [0.2, 0.25) is 0 Å². The third kappa shape index (κ3) is 2.64. The predicted octanol–water partition coefficient (Wildman–Crippen LogP) is 4.18. The van der Waals surface area contributed by atoms with E-state index in [2.05, 4.69) is 0 Å². The van der Waals surface area contributed by atoms with Gasteiger partial charge in [0.2, 0.25) is 0 Å². The van der Waals surface area contributed by atoms with Crippen molar-refractivity contribution in [1.29, 1.82) is 0 Å². The Balaban J connectivity index is 1.98. The number of rotatable bonds is 4. The maximum Gasteiger partial charge on any atom is 0.264 e. The van der Waals surface area contributed by atoms with Gasteiger partial charge in [-0.3, -0.25) is 13.8 Å². The number of methoxy groups -OCH3 is 2. The lowest BCUT2D eigenvalue weighted by atomic mass is 10.1. The van der Waals surface area contributed by atoms with Crippen LogP contribution in [0.25, 0.3) is 27.6 Å². The molecule has 0 bridgehead atoms. The second-order valence-corrected chi connectivity index (χ2v) is 7.32. The van der Waals surface area contributed by atoms with Crippen molar-refractivity contribution in [2.45, 2.75) is 13.5 Å². The SMILES string of the molecule is COc1ccc2c(c1OC)c(=O)n(Cc1ccccc1)c1c2nc2cc(C)ccn21. The maximum absolute atomic E-state index is 13.8. The van der Waals surface area contributed by atoms with Gasteiger partial charge in [0.15, 0.2) is 11.5 Å². The highest BCUT2D eigenvalue weighted by atomic mass is 16.5. The minimum absolute atomic E-state index is 0.139. The molecule has 0 radical (unpaired) electrons. The van der Waals surface area contributed by atoms with Gasteiger partial charge in [0.25, 0.3) is 5.56 Å². The Kier molecular flexibility index (Phi) is 4.20. The first-order valence-corrected chi connectivity index (χ1v) is 9.72. The number of imidazole rings is 1. The van der Waals surface area contributed by atoms with Crippen LogP contribution in [0.4, 0.5) is 0 Å². The molecule has 0 amide bonds. The molecule has 5 rings (SSSR count). The molecule has 0 spiro atoms. The zero-order valence-electron chi connectivity index (χ0n) is 17.0. The lowest BCUT2D eigenvalue weighted by Crippen LogP contribution is -2.23. The third-order valence-corrected chi connectivity index (χ3v) is 5.46. The van der Waals surface area contributed by atoms with Gasteiger partial charge in [-0.2, -0.15) is 0 Å². The molecule has 0 fully saturated rings. The molecular formula is C24H21N3O3. The quantitative estimate of drug-likeness (QED) is 0.455. The summed E-state index contributed by atoms with van der Waals surface area (Å²) in [6, 6.07) is 17.7. The Labute approximate surface area is 172 Å². The Morgan fingerprint density at radius 3 is 2.53 bits per heavy atom. The van der Waals surface area contributed by atoms with E-state index < -0.39 is 0 Å². The molecule has 30 heavy (non-hydrogen) atoms. The van der Waals surface area contributed by atoms with Gasteiger partial charge in [0.1, 0.15) is 16.8 Å². The number of hydrogen-bond acceptors (Lipinski definition) is 4. The zero-order valence-corrected chi connectivity index (χ0v) is 17.0. The monoisotopic (exact) mass is 399 g/mol. The number of aromatic nitrogens is 3. The second-order valence-electron chi connectivity index (χ2n) is 7.32. The van der Waals surface area contributed by atoms with Gasteiger partial charge in [-0.15, -0.1) is 0 Å². The molecule has 0 aliphatic carbocycles. The van der Waals surface area contributed by atoms with Crippen LogP contribution >= 0.6 is 0 Å². The third-order valence-electron chi connectivity index (χ3n) is 5.46. The van der Waals surface area contributed by atoms with E-state index in [9.17, 15) is 4.79 Å². The Morgan fingerprint density at radius 2 is 1.80 bits per heavy atom. The summed E-state index contributed by atoms with van der Waals surface area (Å²) >= 11 is 0. The van der Waals surface area contributed by atoms with Gasteiger partial charge in [-0.25, -0.2) is 4.98 Å². The van der Waals surface area contributed by atoms with E-state index in [-0.39, 0.29) is 5.56 Å². The average Bonchev–Trinajstić information content (AvgIpc) is 3.14. The van der Waals surface area contributed by atoms with Crippen LogP contribution in [0.5, 0.6) is 11.5 Å².